The number of rotatable bonds is 1. The first-order valence-electron chi connectivity index (χ1n) is 2.94. The second kappa shape index (κ2) is 2.86. The number of hydrogen-bond donors (Lipinski definition) is 2. The van der Waals surface area contributed by atoms with Gasteiger partial charge in [-0.1, -0.05) is 11.6 Å². The topological polar surface area (TPSA) is 85.3 Å². The molecule has 1 amide bonds. The number of carbonyl (C=O) groups excluding carboxylic acids is 1. The summed E-state index contributed by atoms with van der Waals surface area (Å²) in [4.78, 5) is 21.1. The molecule has 0 saturated carbocycles. The van der Waals surface area contributed by atoms with Crippen LogP contribution in [0, 0.1) is 0 Å². The van der Waals surface area contributed by atoms with Crippen LogP contribution in [0.1, 0.15) is 10.5 Å². The summed E-state index contributed by atoms with van der Waals surface area (Å²) < 4.78 is 0.769. The molecular formula is C6H5ClN2O3. The Morgan fingerprint density at radius 2 is 2.17 bits per heavy atom. The Morgan fingerprint density at radius 1 is 1.58 bits per heavy atom. The number of carboxylic acids is 1. The molecule has 0 saturated heterocycles. The van der Waals surface area contributed by atoms with Gasteiger partial charge in [-0.3, -0.25) is 4.57 Å². The molecule has 0 fully saturated rings. The fourth-order valence-corrected chi connectivity index (χ4v) is 1.03. The molecule has 0 radical (unpaired) electrons. The van der Waals surface area contributed by atoms with Crippen LogP contribution in [0.5, 0.6) is 0 Å². The number of amides is 1. The quantitative estimate of drug-likeness (QED) is 0.683. The molecule has 1 heterocycles. The Morgan fingerprint density at radius 3 is 2.50 bits per heavy atom. The van der Waals surface area contributed by atoms with E-state index in [9.17, 15) is 9.59 Å². The van der Waals surface area contributed by atoms with Crippen molar-refractivity contribution in [2.24, 2.45) is 5.73 Å². The van der Waals surface area contributed by atoms with Gasteiger partial charge in [0.15, 0.2) is 5.69 Å². The first-order chi connectivity index (χ1) is 5.54. The van der Waals surface area contributed by atoms with Gasteiger partial charge in [-0.25, -0.2) is 9.59 Å². The maximum atomic E-state index is 10.6. The maximum Gasteiger partial charge on any atom is 0.354 e. The lowest BCUT2D eigenvalue weighted by Crippen LogP contribution is -2.22. The van der Waals surface area contributed by atoms with Gasteiger partial charge in [-0.2, -0.15) is 0 Å². The van der Waals surface area contributed by atoms with Crippen molar-refractivity contribution in [2.45, 2.75) is 0 Å². The summed E-state index contributed by atoms with van der Waals surface area (Å²) in [6.07, 6.45) is 1.20. The zero-order valence-corrected chi connectivity index (χ0v) is 6.58. The van der Waals surface area contributed by atoms with Crippen molar-refractivity contribution >= 4 is 23.6 Å². The summed E-state index contributed by atoms with van der Waals surface area (Å²) in [6, 6.07) is 0.412. The standard InChI is InChI=1S/C6H5ClN2O3/c7-3-1-2-9(6(8)12)4(3)5(10)11/h1-2H,(H2,8,12)(H,10,11). The summed E-state index contributed by atoms with van der Waals surface area (Å²) in [5, 5.41) is 8.56. The van der Waals surface area contributed by atoms with Crippen LogP contribution in [0.2, 0.25) is 5.02 Å². The van der Waals surface area contributed by atoms with Crippen LogP contribution in [0.4, 0.5) is 4.79 Å². The normalized spacial score (nSPS) is 9.75. The summed E-state index contributed by atoms with van der Waals surface area (Å²) in [6.45, 7) is 0. The Balaban J connectivity index is 3.31. The Labute approximate surface area is 72.3 Å². The third-order valence-electron chi connectivity index (χ3n) is 1.28. The second-order valence-corrected chi connectivity index (χ2v) is 2.43. The fourth-order valence-electron chi connectivity index (χ4n) is 0.797. The highest BCUT2D eigenvalue weighted by Crippen LogP contribution is 2.16. The van der Waals surface area contributed by atoms with E-state index in [0.29, 0.717) is 0 Å². The average molecular weight is 189 g/mol. The van der Waals surface area contributed by atoms with E-state index in [2.05, 4.69) is 0 Å². The van der Waals surface area contributed by atoms with Crippen molar-refractivity contribution in [3.05, 3.63) is 23.0 Å². The number of carboxylic acid groups (broad SMARTS) is 1. The van der Waals surface area contributed by atoms with Crippen LogP contribution in [-0.4, -0.2) is 21.7 Å². The molecule has 1 aromatic heterocycles. The lowest BCUT2D eigenvalue weighted by atomic mass is 10.4. The summed E-state index contributed by atoms with van der Waals surface area (Å²) in [5.74, 6) is -1.29. The molecule has 0 aliphatic carbocycles. The van der Waals surface area contributed by atoms with Crippen molar-refractivity contribution < 1.29 is 14.7 Å². The predicted octanol–water partition coefficient (Wildman–Crippen LogP) is 0.767. The lowest BCUT2D eigenvalue weighted by molar-refractivity contribution is 0.0687. The number of primary amides is 1. The van der Waals surface area contributed by atoms with Crippen LogP contribution in [0.15, 0.2) is 12.3 Å². The smallest absolute Gasteiger partial charge is 0.354 e. The lowest BCUT2D eigenvalue weighted by Gasteiger charge is -1.98. The van der Waals surface area contributed by atoms with Crippen LogP contribution in [0.3, 0.4) is 0 Å². The average Bonchev–Trinajstić information content (AvgIpc) is 2.30. The Bertz CT molecular complexity index is 345. The molecule has 0 spiro atoms. The molecular weight excluding hydrogens is 184 g/mol. The molecule has 0 aromatic carbocycles. The molecule has 12 heavy (non-hydrogen) atoms. The van der Waals surface area contributed by atoms with Crippen LogP contribution in [0.25, 0.3) is 0 Å². The molecule has 6 heteroatoms. The minimum Gasteiger partial charge on any atom is -0.477 e. The van der Waals surface area contributed by atoms with E-state index < -0.39 is 12.0 Å². The van der Waals surface area contributed by atoms with Gasteiger partial charge in [0.2, 0.25) is 0 Å². The van der Waals surface area contributed by atoms with E-state index in [4.69, 9.17) is 22.4 Å². The van der Waals surface area contributed by atoms with E-state index in [1.54, 1.807) is 0 Å². The third-order valence-corrected chi connectivity index (χ3v) is 1.58. The zero-order valence-electron chi connectivity index (χ0n) is 5.82. The minimum absolute atomic E-state index is 0.0127. The van der Waals surface area contributed by atoms with Gasteiger partial charge in [-0.15, -0.1) is 0 Å². The molecule has 0 aliphatic rings. The van der Waals surface area contributed by atoms with Crippen molar-refractivity contribution in [1.82, 2.24) is 4.57 Å². The highest BCUT2D eigenvalue weighted by Gasteiger charge is 2.16. The van der Waals surface area contributed by atoms with E-state index in [-0.39, 0.29) is 10.7 Å². The third kappa shape index (κ3) is 1.26. The maximum absolute atomic E-state index is 10.6. The largest absolute Gasteiger partial charge is 0.477 e. The number of aromatic carboxylic acids is 1. The van der Waals surface area contributed by atoms with Gasteiger partial charge in [0.05, 0.1) is 5.02 Å². The van der Waals surface area contributed by atoms with Crippen LogP contribution in [-0.2, 0) is 0 Å². The molecule has 1 aromatic rings. The molecule has 0 bridgehead atoms. The van der Waals surface area contributed by atoms with Gasteiger partial charge in [-0.05, 0) is 6.07 Å². The number of hydrogen-bond acceptors (Lipinski definition) is 2. The molecule has 1 rings (SSSR count). The highest BCUT2D eigenvalue weighted by molar-refractivity contribution is 6.33. The number of halogens is 1. The van der Waals surface area contributed by atoms with E-state index in [0.717, 1.165) is 4.57 Å². The van der Waals surface area contributed by atoms with Crippen molar-refractivity contribution in [1.29, 1.82) is 0 Å². The summed E-state index contributed by atoms with van der Waals surface area (Å²) in [7, 11) is 0. The molecule has 0 unspecified atom stereocenters. The fraction of sp³-hybridized carbons (Fsp3) is 0. The zero-order chi connectivity index (χ0) is 9.30. The predicted molar refractivity (Wildman–Crippen MR) is 41.4 cm³/mol. The van der Waals surface area contributed by atoms with Crippen LogP contribution < -0.4 is 5.73 Å². The minimum atomic E-state index is -1.29. The van der Waals surface area contributed by atoms with Gasteiger partial charge >= 0.3 is 12.0 Å². The summed E-state index contributed by atoms with van der Waals surface area (Å²) in [5.41, 5.74) is 4.55. The first kappa shape index (κ1) is 8.61. The Hall–Kier alpha value is -1.49. The molecule has 64 valence electrons. The van der Waals surface area contributed by atoms with Crippen LogP contribution >= 0.6 is 11.6 Å². The first-order valence-corrected chi connectivity index (χ1v) is 3.31. The Kier molecular flexibility index (Phi) is 2.05. The number of carbonyl (C=O) groups is 2. The summed E-state index contributed by atoms with van der Waals surface area (Å²) >= 11 is 5.47. The molecule has 3 N–H and O–H groups in total. The van der Waals surface area contributed by atoms with E-state index >= 15 is 0 Å². The monoisotopic (exact) mass is 188 g/mol. The SMILES string of the molecule is NC(=O)n1ccc(Cl)c1C(=O)O. The van der Waals surface area contributed by atoms with Gasteiger partial charge in [0, 0.05) is 6.20 Å². The molecule has 0 atom stereocenters. The van der Waals surface area contributed by atoms with Crippen molar-refractivity contribution in [3.63, 3.8) is 0 Å². The number of aromatic nitrogens is 1. The van der Waals surface area contributed by atoms with Crippen molar-refractivity contribution in [3.8, 4) is 0 Å². The van der Waals surface area contributed by atoms with Gasteiger partial charge in [0.1, 0.15) is 0 Å². The van der Waals surface area contributed by atoms with Gasteiger partial charge in [0.25, 0.3) is 0 Å². The van der Waals surface area contributed by atoms with E-state index in [1.165, 1.54) is 12.3 Å². The number of nitrogens with two attached hydrogens (primary N) is 1. The van der Waals surface area contributed by atoms with E-state index in [1.807, 2.05) is 0 Å². The molecule has 0 aliphatic heterocycles. The highest BCUT2D eigenvalue weighted by atomic mass is 35.5. The van der Waals surface area contributed by atoms with Gasteiger partial charge < -0.3 is 10.8 Å². The second-order valence-electron chi connectivity index (χ2n) is 2.03. The molecule has 5 nitrogen and oxygen atoms in total. The van der Waals surface area contributed by atoms with Crippen molar-refractivity contribution in [2.75, 3.05) is 0 Å². The number of nitrogens with zero attached hydrogens (tertiary/aromatic N) is 1.